The molecule has 1 aliphatic rings. The van der Waals surface area contributed by atoms with Crippen molar-refractivity contribution in [2.24, 2.45) is 0 Å². The van der Waals surface area contributed by atoms with E-state index in [4.69, 9.17) is 9.47 Å². The number of benzene rings is 1. The third kappa shape index (κ3) is 4.62. The second kappa shape index (κ2) is 6.47. The van der Waals surface area contributed by atoms with Crippen LogP contribution in [0.4, 0.5) is 0 Å². The minimum atomic E-state index is 0.158. The molecule has 0 unspecified atom stereocenters. The average Bonchev–Trinajstić information content (AvgIpc) is 2.41. The average molecular weight is 306 g/mol. The van der Waals surface area contributed by atoms with Gasteiger partial charge in [-0.05, 0) is 58.2 Å². The molecule has 2 rings (SSSR count). The maximum atomic E-state index is 5.34. The van der Waals surface area contributed by atoms with Crippen molar-refractivity contribution in [1.29, 1.82) is 0 Å². The Morgan fingerprint density at radius 2 is 1.50 bits per heavy atom. The van der Waals surface area contributed by atoms with E-state index in [1.54, 1.807) is 14.2 Å². The quantitative estimate of drug-likeness (QED) is 0.877. The van der Waals surface area contributed by atoms with E-state index >= 15 is 0 Å². The lowest BCUT2D eigenvalue weighted by molar-refractivity contribution is 0.145. The fourth-order valence-corrected chi connectivity index (χ4v) is 3.70. The van der Waals surface area contributed by atoms with Gasteiger partial charge in [-0.3, -0.25) is 0 Å². The smallest absolute Gasteiger partial charge is 0.122 e. The Morgan fingerprint density at radius 3 is 1.95 bits per heavy atom. The molecule has 0 aliphatic carbocycles. The summed E-state index contributed by atoms with van der Waals surface area (Å²) >= 11 is 0. The van der Waals surface area contributed by atoms with Gasteiger partial charge in [0.05, 0.1) is 14.2 Å². The molecule has 0 spiro atoms. The Labute approximate surface area is 134 Å². The van der Waals surface area contributed by atoms with Gasteiger partial charge in [-0.2, -0.15) is 0 Å². The van der Waals surface area contributed by atoms with Crippen molar-refractivity contribution in [3.8, 4) is 11.5 Å². The van der Waals surface area contributed by atoms with E-state index in [0.29, 0.717) is 6.04 Å². The van der Waals surface area contributed by atoms with Gasteiger partial charge >= 0.3 is 0 Å². The Kier molecular flexibility index (Phi) is 5.03. The topological polar surface area (TPSA) is 42.5 Å². The Hall–Kier alpha value is -1.26. The number of methoxy groups -OCH3 is 2. The number of nitrogens with one attached hydrogen (secondary N) is 2. The SMILES string of the molecule is COc1cc(CNC2CC(C)(C)NC(C)(C)C2)cc(OC)c1. The minimum Gasteiger partial charge on any atom is -0.497 e. The van der Waals surface area contributed by atoms with Gasteiger partial charge in [0.1, 0.15) is 11.5 Å². The molecule has 22 heavy (non-hydrogen) atoms. The highest BCUT2D eigenvalue weighted by Crippen LogP contribution is 2.29. The first-order chi connectivity index (χ1) is 10.2. The van der Waals surface area contributed by atoms with Crippen LogP contribution >= 0.6 is 0 Å². The molecule has 2 N–H and O–H groups in total. The highest BCUT2D eigenvalue weighted by atomic mass is 16.5. The zero-order valence-corrected chi connectivity index (χ0v) is 14.7. The number of hydrogen-bond donors (Lipinski definition) is 2. The molecule has 1 aromatic rings. The fourth-order valence-electron chi connectivity index (χ4n) is 3.70. The number of ether oxygens (including phenoxy) is 2. The maximum Gasteiger partial charge on any atom is 0.122 e. The Morgan fingerprint density at radius 1 is 1.00 bits per heavy atom. The first-order valence-electron chi connectivity index (χ1n) is 7.98. The highest BCUT2D eigenvalue weighted by Gasteiger charge is 2.37. The van der Waals surface area contributed by atoms with Gasteiger partial charge in [0.15, 0.2) is 0 Å². The van der Waals surface area contributed by atoms with Crippen LogP contribution in [0.15, 0.2) is 18.2 Å². The maximum absolute atomic E-state index is 5.34. The largest absolute Gasteiger partial charge is 0.497 e. The second-order valence-electron chi connectivity index (χ2n) is 7.60. The predicted molar refractivity (Wildman–Crippen MR) is 90.7 cm³/mol. The molecule has 4 heteroatoms. The van der Waals surface area contributed by atoms with Crippen molar-refractivity contribution >= 4 is 0 Å². The molecule has 1 heterocycles. The summed E-state index contributed by atoms with van der Waals surface area (Å²) in [4.78, 5) is 0. The predicted octanol–water partition coefficient (Wildman–Crippen LogP) is 3.10. The number of hydrogen-bond acceptors (Lipinski definition) is 4. The van der Waals surface area contributed by atoms with Crippen LogP contribution in [0.1, 0.15) is 46.1 Å². The summed E-state index contributed by atoms with van der Waals surface area (Å²) in [6.45, 7) is 9.92. The molecule has 0 bridgehead atoms. The monoisotopic (exact) mass is 306 g/mol. The molecule has 1 saturated heterocycles. The van der Waals surface area contributed by atoms with Gasteiger partial charge in [0, 0.05) is 29.7 Å². The zero-order chi connectivity index (χ0) is 16.4. The number of piperidine rings is 1. The van der Waals surface area contributed by atoms with Crippen LogP contribution < -0.4 is 20.1 Å². The summed E-state index contributed by atoms with van der Waals surface area (Å²) in [6.07, 6.45) is 2.25. The van der Waals surface area contributed by atoms with Crippen LogP contribution in [0, 0.1) is 0 Å². The van der Waals surface area contributed by atoms with E-state index in [2.05, 4.69) is 50.5 Å². The fraction of sp³-hybridized carbons (Fsp3) is 0.667. The molecule has 0 amide bonds. The summed E-state index contributed by atoms with van der Waals surface area (Å²) in [7, 11) is 3.37. The van der Waals surface area contributed by atoms with Crippen molar-refractivity contribution in [3.63, 3.8) is 0 Å². The minimum absolute atomic E-state index is 0.158. The third-order valence-corrected chi connectivity index (χ3v) is 4.20. The molecule has 0 aromatic heterocycles. The van der Waals surface area contributed by atoms with E-state index in [-0.39, 0.29) is 11.1 Å². The standard InChI is InChI=1S/C18H30N2O2/c1-17(2)10-14(11-18(3,4)20-17)19-12-13-7-15(21-5)9-16(8-13)22-6/h7-9,14,19-20H,10-12H2,1-6H3. The van der Waals surface area contributed by atoms with Gasteiger partial charge in [-0.1, -0.05) is 0 Å². The van der Waals surface area contributed by atoms with Crippen molar-refractivity contribution in [2.75, 3.05) is 14.2 Å². The Bertz CT molecular complexity index is 474. The normalized spacial score (nSPS) is 20.6. The van der Waals surface area contributed by atoms with Crippen LogP contribution in [0.5, 0.6) is 11.5 Å². The summed E-state index contributed by atoms with van der Waals surface area (Å²) in [5.74, 6) is 1.67. The van der Waals surface area contributed by atoms with Crippen molar-refractivity contribution in [1.82, 2.24) is 10.6 Å². The van der Waals surface area contributed by atoms with E-state index in [1.165, 1.54) is 5.56 Å². The molecule has 0 atom stereocenters. The second-order valence-corrected chi connectivity index (χ2v) is 7.60. The van der Waals surface area contributed by atoms with Crippen LogP contribution in [0.2, 0.25) is 0 Å². The lowest BCUT2D eigenvalue weighted by Crippen LogP contribution is -2.61. The third-order valence-electron chi connectivity index (χ3n) is 4.20. The molecule has 4 nitrogen and oxygen atoms in total. The van der Waals surface area contributed by atoms with Crippen molar-refractivity contribution < 1.29 is 9.47 Å². The highest BCUT2D eigenvalue weighted by molar-refractivity contribution is 5.38. The number of rotatable bonds is 5. The first-order valence-corrected chi connectivity index (χ1v) is 7.98. The first kappa shape index (κ1) is 17.1. The molecule has 1 aromatic carbocycles. The van der Waals surface area contributed by atoms with E-state index < -0.39 is 0 Å². The Balaban J connectivity index is 2.03. The van der Waals surface area contributed by atoms with Crippen LogP contribution in [0.3, 0.4) is 0 Å². The van der Waals surface area contributed by atoms with E-state index in [1.807, 2.05) is 6.07 Å². The van der Waals surface area contributed by atoms with E-state index in [0.717, 1.165) is 30.9 Å². The van der Waals surface area contributed by atoms with Crippen molar-refractivity contribution in [2.45, 2.75) is 64.2 Å². The summed E-state index contributed by atoms with van der Waals surface area (Å²) in [5.41, 5.74) is 1.50. The lowest BCUT2D eigenvalue weighted by Gasteiger charge is -2.46. The van der Waals surface area contributed by atoms with Gasteiger partial charge in [0.2, 0.25) is 0 Å². The van der Waals surface area contributed by atoms with Gasteiger partial charge in [0.25, 0.3) is 0 Å². The van der Waals surface area contributed by atoms with Gasteiger partial charge < -0.3 is 20.1 Å². The molecular formula is C18H30N2O2. The lowest BCUT2D eigenvalue weighted by atomic mass is 9.79. The summed E-state index contributed by atoms with van der Waals surface area (Å²) in [6, 6.07) is 6.53. The molecule has 124 valence electrons. The van der Waals surface area contributed by atoms with Crippen LogP contribution in [-0.2, 0) is 6.54 Å². The van der Waals surface area contributed by atoms with Crippen LogP contribution in [-0.4, -0.2) is 31.3 Å². The molecule has 0 radical (unpaired) electrons. The molecule has 1 aliphatic heterocycles. The van der Waals surface area contributed by atoms with Gasteiger partial charge in [-0.25, -0.2) is 0 Å². The summed E-state index contributed by atoms with van der Waals surface area (Å²) in [5, 5.41) is 7.42. The van der Waals surface area contributed by atoms with Gasteiger partial charge in [-0.15, -0.1) is 0 Å². The van der Waals surface area contributed by atoms with Crippen LogP contribution in [0.25, 0.3) is 0 Å². The molecule has 0 saturated carbocycles. The summed E-state index contributed by atoms with van der Waals surface area (Å²) < 4.78 is 10.7. The van der Waals surface area contributed by atoms with E-state index in [9.17, 15) is 0 Å². The molecular weight excluding hydrogens is 276 g/mol. The zero-order valence-electron chi connectivity index (χ0n) is 14.7. The molecule has 1 fully saturated rings. The van der Waals surface area contributed by atoms with Crippen molar-refractivity contribution in [3.05, 3.63) is 23.8 Å².